The van der Waals surface area contributed by atoms with Crippen LogP contribution in [0, 0.1) is 13.8 Å². The minimum absolute atomic E-state index is 0.0692. The van der Waals surface area contributed by atoms with Gasteiger partial charge in [-0.15, -0.1) is 6.08 Å². The van der Waals surface area contributed by atoms with Crippen molar-refractivity contribution in [1.29, 1.82) is 0 Å². The lowest BCUT2D eigenvalue weighted by molar-refractivity contribution is 0.0698. The van der Waals surface area contributed by atoms with Crippen LogP contribution in [-0.2, 0) is 0 Å². The van der Waals surface area contributed by atoms with Crippen molar-refractivity contribution in [2.75, 3.05) is 18.1 Å². The summed E-state index contributed by atoms with van der Waals surface area (Å²) in [7, 11) is 1.32. The number of carbonyl (C=O) groups is 1. The molecule has 0 spiro atoms. The number of aromatic carboxylic acids is 1. The highest BCUT2D eigenvalue weighted by molar-refractivity contribution is 7.37. The van der Waals surface area contributed by atoms with Crippen molar-refractivity contribution in [3.05, 3.63) is 105 Å². The van der Waals surface area contributed by atoms with Crippen molar-refractivity contribution in [3.63, 3.8) is 0 Å². The summed E-state index contributed by atoms with van der Waals surface area (Å²) in [5.41, 5.74) is 5.34. The van der Waals surface area contributed by atoms with Crippen molar-refractivity contribution in [2.24, 2.45) is 0 Å². The van der Waals surface area contributed by atoms with Crippen molar-refractivity contribution in [1.82, 2.24) is 0 Å². The molecule has 36 heavy (non-hydrogen) atoms. The Morgan fingerprint density at radius 1 is 1.11 bits per heavy atom. The van der Waals surface area contributed by atoms with Gasteiger partial charge in [-0.05, 0) is 50.1 Å². The third-order valence-electron chi connectivity index (χ3n) is 6.16. The topological polar surface area (TPSA) is 79.5 Å². The van der Waals surface area contributed by atoms with Crippen molar-refractivity contribution >= 4 is 37.3 Å². The quantitative estimate of drug-likeness (QED) is 0.245. The van der Waals surface area contributed by atoms with Gasteiger partial charge < -0.3 is 23.4 Å². The molecule has 184 valence electrons. The van der Waals surface area contributed by atoms with E-state index in [0.717, 1.165) is 28.4 Å². The minimum atomic E-state index is -1.00. The molecule has 0 amide bonds. The monoisotopic (exact) mass is 498 g/mol. The van der Waals surface area contributed by atoms with Gasteiger partial charge in [0.05, 0.1) is 17.0 Å². The van der Waals surface area contributed by atoms with Crippen LogP contribution in [0.1, 0.15) is 45.6 Å². The summed E-state index contributed by atoms with van der Waals surface area (Å²) >= 11 is 0. The number of allylic oxidation sites excluding steroid dienone is 1. The fraction of sp³-hybridized carbons (Fsp3) is 0.200. The number of carboxylic acids is 1. The molecule has 0 aliphatic rings. The van der Waals surface area contributed by atoms with Crippen LogP contribution in [-0.4, -0.2) is 23.9 Å². The second kappa shape index (κ2) is 10.9. The van der Waals surface area contributed by atoms with Gasteiger partial charge in [0.25, 0.3) is 0 Å². The Morgan fingerprint density at radius 2 is 1.83 bits per heavy atom. The zero-order valence-electron chi connectivity index (χ0n) is 20.8. The van der Waals surface area contributed by atoms with E-state index in [2.05, 4.69) is 24.1 Å². The molecule has 6 heteroatoms. The number of benzene rings is 3. The Bertz CT molecular complexity index is 1500. The molecule has 1 unspecified atom stereocenters. The van der Waals surface area contributed by atoms with Gasteiger partial charge >= 0.3 is 5.97 Å². The van der Waals surface area contributed by atoms with Crippen LogP contribution in [0.25, 0.3) is 28.4 Å². The van der Waals surface area contributed by atoms with E-state index in [-0.39, 0.29) is 17.0 Å². The number of rotatable bonds is 8. The molecule has 0 aliphatic carbocycles. The lowest BCUT2D eigenvalue weighted by atomic mass is 9.98. The number of nitrogens with one attached hydrogen (secondary N) is 1. The smallest absolute Gasteiger partial charge is 0.337 e. The number of hydrogen-bond donors (Lipinski definition) is 2. The fourth-order valence-corrected chi connectivity index (χ4v) is 4.63. The number of fused-ring (bicyclic) bond motifs is 1. The van der Waals surface area contributed by atoms with Gasteiger partial charge in [-0.25, -0.2) is 4.79 Å². The Balaban J connectivity index is 1.80. The molecular formula is C30H29NO4P-. The van der Waals surface area contributed by atoms with Gasteiger partial charge in [-0.2, -0.15) is 12.8 Å². The maximum Gasteiger partial charge on any atom is 0.337 e. The van der Waals surface area contributed by atoms with Crippen molar-refractivity contribution in [2.45, 2.75) is 26.8 Å². The van der Waals surface area contributed by atoms with E-state index in [1.807, 2.05) is 50.2 Å². The number of hydrogen-bond acceptors (Lipinski definition) is 4. The maximum absolute atomic E-state index is 13.4. The molecule has 1 atom stereocenters. The van der Waals surface area contributed by atoms with Crippen LogP contribution < -0.4 is 10.7 Å². The van der Waals surface area contributed by atoms with Gasteiger partial charge in [-0.3, -0.25) is 4.79 Å². The first-order valence-corrected chi connectivity index (χ1v) is 13.3. The van der Waals surface area contributed by atoms with Gasteiger partial charge in [0, 0.05) is 22.4 Å². The van der Waals surface area contributed by atoms with E-state index in [1.165, 1.54) is 8.58 Å². The average molecular weight is 499 g/mol. The zero-order chi connectivity index (χ0) is 25.8. The summed E-state index contributed by atoms with van der Waals surface area (Å²) in [5.74, 6) is -0.463. The Hall–Kier alpha value is -3.69. The molecule has 4 aromatic rings. The van der Waals surface area contributed by atoms with Gasteiger partial charge in [0.1, 0.15) is 11.3 Å². The summed E-state index contributed by atoms with van der Waals surface area (Å²) in [6.07, 6.45) is 5.24. The van der Waals surface area contributed by atoms with E-state index < -0.39 is 5.97 Å². The SMILES string of the molecule is C[P-]CC=Cc1ccc(-c2oc3c(C(C)Nc4ccccc4C(=O)O)cc(C)cc3c(=O)c2C)cc1. The molecule has 4 rings (SSSR count). The second-order valence-electron chi connectivity index (χ2n) is 8.86. The molecule has 0 bridgehead atoms. The predicted molar refractivity (Wildman–Crippen MR) is 150 cm³/mol. The summed E-state index contributed by atoms with van der Waals surface area (Å²) in [6, 6.07) is 18.3. The number of carboxylic acid groups (broad SMARTS) is 1. The lowest BCUT2D eigenvalue weighted by Crippen LogP contribution is -2.14. The van der Waals surface area contributed by atoms with E-state index in [1.54, 1.807) is 31.2 Å². The highest BCUT2D eigenvalue weighted by atomic mass is 31.1. The molecule has 0 aliphatic heterocycles. The van der Waals surface area contributed by atoms with Crippen molar-refractivity contribution in [3.8, 4) is 11.3 Å². The fourth-order valence-electron chi connectivity index (χ4n) is 4.31. The Kier molecular flexibility index (Phi) is 7.71. The maximum atomic E-state index is 13.4. The van der Waals surface area contributed by atoms with Crippen LogP contribution in [0.5, 0.6) is 0 Å². The summed E-state index contributed by atoms with van der Waals surface area (Å²) < 4.78 is 6.45. The largest absolute Gasteiger partial charge is 0.539 e. The highest BCUT2D eigenvalue weighted by Crippen LogP contribution is 2.33. The molecule has 1 aromatic heterocycles. The van der Waals surface area contributed by atoms with Crippen LogP contribution in [0.15, 0.2) is 76.0 Å². The molecule has 0 radical (unpaired) electrons. The van der Waals surface area contributed by atoms with Gasteiger partial charge in [0.2, 0.25) is 0 Å². The molecule has 2 N–H and O–H groups in total. The molecule has 3 aromatic carbocycles. The average Bonchev–Trinajstić information content (AvgIpc) is 2.87. The molecule has 0 saturated heterocycles. The molecule has 0 saturated carbocycles. The Morgan fingerprint density at radius 3 is 2.53 bits per heavy atom. The first kappa shape index (κ1) is 25.4. The van der Waals surface area contributed by atoms with E-state index in [4.69, 9.17) is 4.42 Å². The lowest BCUT2D eigenvalue weighted by Gasteiger charge is -2.20. The zero-order valence-corrected chi connectivity index (χ0v) is 21.7. The van der Waals surface area contributed by atoms with Crippen molar-refractivity contribution < 1.29 is 14.3 Å². The first-order valence-electron chi connectivity index (χ1n) is 11.8. The molecule has 1 heterocycles. The third kappa shape index (κ3) is 5.27. The summed E-state index contributed by atoms with van der Waals surface area (Å²) in [4.78, 5) is 25.1. The molecular weight excluding hydrogens is 469 g/mol. The normalized spacial score (nSPS) is 12.6. The van der Waals surface area contributed by atoms with Crippen LogP contribution in [0.2, 0.25) is 0 Å². The second-order valence-corrected chi connectivity index (χ2v) is 9.85. The van der Waals surface area contributed by atoms with Gasteiger partial charge in [0.15, 0.2) is 5.43 Å². The first-order chi connectivity index (χ1) is 17.3. The van der Waals surface area contributed by atoms with E-state index in [0.29, 0.717) is 28.0 Å². The van der Waals surface area contributed by atoms with E-state index in [9.17, 15) is 14.7 Å². The number of para-hydroxylation sites is 1. The summed E-state index contributed by atoms with van der Waals surface area (Å²) in [5, 5.41) is 13.4. The Labute approximate surface area is 212 Å². The molecule has 5 nitrogen and oxygen atoms in total. The molecule has 0 fully saturated rings. The minimum Gasteiger partial charge on any atom is -0.539 e. The van der Waals surface area contributed by atoms with Crippen LogP contribution in [0.4, 0.5) is 5.69 Å². The highest BCUT2D eigenvalue weighted by Gasteiger charge is 2.20. The van der Waals surface area contributed by atoms with Gasteiger partial charge in [-0.1, -0.05) is 48.5 Å². The third-order valence-corrected chi connectivity index (χ3v) is 6.74. The number of aryl methyl sites for hydroxylation is 1. The van der Waals surface area contributed by atoms with Crippen LogP contribution >= 0.6 is 8.58 Å². The number of anilines is 1. The summed E-state index contributed by atoms with van der Waals surface area (Å²) in [6.45, 7) is 7.79. The standard InChI is InChI=1S/C30H29NO4P/c1-18-16-24(20(3)31-26-10-6-5-9-23(26)30(33)34)29-25(17-18)27(32)19(2)28(35-29)22-13-11-21(12-14-22)8-7-15-36-4/h5-14,16-17,20,31H,15H2,1-4H3,(H,33,34)/q-1. The predicted octanol–water partition coefficient (Wildman–Crippen LogP) is 7.54. The van der Waals surface area contributed by atoms with Crippen LogP contribution in [0.3, 0.4) is 0 Å². The van der Waals surface area contributed by atoms with E-state index >= 15 is 0 Å².